The van der Waals surface area contributed by atoms with E-state index in [1.54, 1.807) is 12.1 Å². The second-order valence-electron chi connectivity index (χ2n) is 5.17. The van der Waals surface area contributed by atoms with E-state index in [0.29, 0.717) is 0 Å². The Labute approximate surface area is 147 Å². The van der Waals surface area contributed by atoms with Gasteiger partial charge in [0.05, 0.1) is 44.5 Å². The molecule has 9 heteroatoms. The lowest BCUT2D eigenvalue weighted by molar-refractivity contribution is -0.150. The van der Waals surface area contributed by atoms with Crippen LogP contribution in [0, 0.1) is 6.92 Å². The van der Waals surface area contributed by atoms with E-state index in [9.17, 15) is 13.2 Å². The summed E-state index contributed by atoms with van der Waals surface area (Å²) >= 11 is 0. The predicted molar refractivity (Wildman–Crippen MR) is 89.0 cm³/mol. The molecule has 0 aliphatic rings. The van der Waals surface area contributed by atoms with Gasteiger partial charge in [-0.3, -0.25) is 4.18 Å². The standard InChI is InChI=1S/C16H24O8S/c1-13-3-5-15(6-4-13)25(19,20)24-12-10-22-8-7-21-9-11-23-14(2)16(17)18/h3-6,14H,7-12H2,1-2H3,(H,17,18). The molecule has 0 spiro atoms. The molecule has 0 heterocycles. The third kappa shape index (κ3) is 8.94. The summed E-state index contributed by atoms with van der Waals surface area (Å²) < 4.78 is 44.0. The van der Waals surface area contributed by atoms with E-state index < -0.39 is 22.2 Å². The van der Waals surface area contributed by atoms with Gasteiger partial charge in [-0.2, -0.15) is 8.42 Å². The van der Waals surface area contributed by atoms with Crippen molar-refractivity contribution in [2.45, 2.75) is 24.8 Å². The number of benzene rings is 1. The van der Waals surface area contributed by atoms with Crippen LogP contribution in [0.15, 0.2) is 29.2 Å². The number of aliphatic carboxylic acids is 1. The monoisotopic (exact) mass is 376 g/mol. The number of carbonyl (C=O) groups is 1. The zero-order chi connectivity index (χ0) is 18.7. The maximum Gasteiger partial charge on any atom is 0.332 e. The SMILES string of the molecule is Cc1ccc(S(=O)(=O)OCCOCCOCCOC(C)C(=O)O)cc1. The summed E-state index contributed by atoms with van der Waals surface area (Å²) in [7, 11) is -3.77. The van der Waals surface area contributed by atoms with Crippen LogP contribution in [-0.2, 0) is 33.3 Å². The normalized spacial score (nSPS) is 12.9. The molecule has 0 aliphatic carbocycles. The third-order valence-electron chi connectivity index (χ3n) is 3.09. The van der Waals surface area contributed by atoms with Crippen molar-refractivity contribution in [2.75, 3.05) is 39.6 Å². The number of ether oxygens (including phenoxy) is 3. The summed E-state index contributed by atoms with van der Waals surface area (Å²) in [5.74, 6) is -1.02. The summed E-state index contributed by atoms with van der Waals surface area (Å²) in [6, 6.07) is 6.38. The predicted octanol–water partition coefficient (Wildman–Crippen LogP) is 1.22. The minimum absolute atomic E-state index is 0.0879. The van der Waals surface area contributed by atoms with Gasteiger partial charge in [-0.25, -0.2) is 4.79 Å². The molecule has 0 radical (unpaired) electrons. The topological polar surface area (TPSA) is 108 Å². The molecule has 1 rings (SSSR count). The number of carboxylic acids is 1. The van der Waals surface area contributed by atoms with Crippen molar-refractivity contribution in [2.24, 2.45) is 0 Å². The van der Waals surface area contributed by atoms with E-state index in [4.69, 9.17) is 23.5 Å². The van der Waals surface area contributed by atoms with Gasteiger partial charge < -0.3 is 19.3 Å². The Morgan fingerprint density at radius 1 is 1.00 bits per heavy atom. The maximum atomic E-state index is 11.9. The molecular formula is C16H24O8S. The molecule has 0 aromatic heterocycles. The zero-order valence-corrected chi connectivity index (χ0v) is 15.2. The first-order chi connectivity index (χ1) is 11.8. The zero-order valence-electron chi connectivity index (χ0n) is 14.3. The number of hydrogen-bond donors (Lipinski definition) is 1. The first-order valence-electron chi connectivity index (χ1n) is 7.79. The molecule has 8 nitrogen and oxygen atoms in total. The smallest absolute Gasteiger partial charge is 0.332 e. The Morgan fingerprint density at radius 3 is 2.08 bits per heavy atom. The van der Waals surface area contributed by atoms with Crippen molar-refractivity contribution in [1.29, 1.82) is 0 Å². The van der Waals surface area contributed by atoms with Crippen LogP contribution in [0.3, 0.4) is 0 Å². The largest absolute Gasteiger partial charge is 0.479 e. The lowest BCUT2D eigenvalue weighted by Crippen LogP contribution is -2.22. The Morgan fingerprint density at radius 2 is 1.52 bits per heavy atom. The van der Waals surface area contributed by atoms with Gasteiger partial charge in [0.25, 0.3) is 10.1 Å². The average molecular weight is 376 g/mol. The first-order valence-corrected chi connectivity index (χ1v) is 9.20. The van der Waals surface area contributed by atoms with E-state index in [1.165, 1.54) is 19.1 Å². The number of hydrogen-bond acceptors (Lipinski definition) is 7. The van der Waals surface area contributed by atoms with Gasteiger partial charge in [0, 0.05) is 0 Å². The molecule has 142 valence electrons. The number of carboxylic acid groups (broad SMARTS) is 1. The molecule has 0 saturated carbocycles. The molecule has 0 fully saturated rings. The van der Waals surface area contributed by atoms with Crippen LogP contribution in [0.25, 0.3) is 0 Å². The molecule has 0 bridgehead atoms. The third-order valence-corrected chi connectivity index (χ3v) is 4.42. The highest BCUT2D eigenvalue weighted by Crippen LogP contribution is 2.12. The van der Waals surface area contributed by atoms with E-state index >= 15 is 0 Å². The molecule has 0 aliphatic heterocycles. The van der Waals surface area contributed by atoms with E-state index in [-0.39, 0.29) is 44.5 Å². The van der Waals surface area contributed by atoms with Crippen molar-refractivity contribution in [1.82, 2.24) is 0 Å². The van der Waals surface area contributed by atoms with Crippen LogP contribution in [0.1, 0.15) is 12.5 Å². The maximum absolute atomic E-state index is 11.9. The fourth-order valence-electron chi connectivity index (χ4n) is 1.65. The molecule has 1 aromatic carbocycles. The Bertz CT molecular complexity index is 612. The number of rotatable bonds is 13. The Balaban J connectivity index is 2.05. The molecule has 1 unspecified atom stereocenters. The molecular weight excluding hydrogens is 352 g/mol. The highest BCUT2D eigenvalue weighted by molar-refractivity contribution is 7.86. The Kier molecular flexibility index (Phi) is 9.61. The fraction of sp³-hybridized carbons (Fsp3) is 0.562. The molecule has 0 saturated heterocycles. The van der Waals surface area contributed by atoms with Gasteiger partial charge in [0.15, 0.2) is 6.10 Å². The molecule has 0 amide bonds. The fourth-order valence-corrected chi connectivity index (χ4v) is 2.55. The van der Waals surface area contributed by atoms with Gasteiger partial charge in [-0.1, -0.05) is 17.7 Å². The van der Waals surface area contributed by atoms with Crippen molar-refractivity contribution >= 4 is 16.1 Å². The lowest BCUT2D eigenvalue weighted by atomic mass is 10.2. The summed E-state index contributed by atoms with van der Waals surface area (Å²) in [5.41, 5.74) is 0.963. The molecule has 1 N–H and O–H groups in total. The van der Waals surface area contributed by atoms with Crippen LogP contribution < -0.4 is 0 Å². The second-order valence-corrected chi connectivity index (χ2v) is 6.78. The van der Waals surface area contributed by atoms with Crippen LogP contribution in [0.4, 0.5) is 0 Å². The van der Waals surface area contributed by atoms with Crippen molar-refractivity contribution in [3.8, 4) is 0 Å². The minimum Gasteiger partial charge on any atom is -0.479 e. The van der Waals surface area contributed by atoms with Crippen LogP contribution >= 0.6 is 0 Å². The van der Waals surface area contributed by atoms with Crippen LogP contribution in [0.5, 0.6) is 0 Å². The van der Waals surface area contributed by atoms with Gasteiger partial charge in [-0.05, 0) is 26.0 Å². The summed E-state index contributed by atoms with van der Waals surface area (Å²) in [5, 5.41) is 8.61. The highest BCUT2D eigenvalue weighted by Gasteiger charge is 2.14. The number of aryl methyl sites for hydroxylation is 1. The van der Waals surface area contributed by atoms with Gasteiger partial charge in [-0.15, -0.1) is 0 Å². The Hall–Kier alpha value is -1.52. The van der Waals surface area contributed by atoms with E-state index in [0.717, 1.165) is 5.56 Å². The van der Waals surface area contributed by atoms with Gasteiger partial charge in [0.2, 0.25) is 0 Å². The van der Waals surface area contributed by atoms with Crippen molar-refractivity contribution in [3.63, 3.8) is 0 Å². The molecule has 25 heavy (non-hydrogen) atoms. The van der Waals surface area contributed by atoms with Gasteiger partial charge >= 0.3 is 5.97 Å². The lowest BCUT2D eigenvalue weighted by Gasteiger charge is -2.09. The average Bonchev–Trinajstić information content (AvgIpc) is 2.56. The van der Waals surface area contributed by atoms with Crippen LogP contribution in [-0.4, -0.2) is 65.2 Å². The van der Waals surface area contributed by atoms with Crippen molar-refractivity contribution in [3.05, 3.63) is 29.8 Å². The first kappa shape index (κ1) is 21.5. The summed E-state index contributed by atoms with van der Waals surface area (Å²) in [4.78, 5) is 10.6. The minimum atomic E-state index is -3.77. The van der Waals surface area contributed by atoms with Gasteiger partial charge in [0.1, 0.15) is 0 Å². The van der Waals surface area contributed by atoms with E-state index in [1.807, 2.05) is 6.92 Å². The summed E-state index contributed by atoms with van der Waals surface area (Å²) in [6.45, 7) is 4.31. The second kappa shape index (κ2) is 11.2. The quantitative estimate of drug-likeness (QED) is 0.404. The van der Waals surface area contributed by atoms with Crippen molar-refractivity contribution < 1.29 is 36.7 Å². The van der Waals surface area contributed by atoms with Crippen LogP contribution in [0.2, 0.25) is 0 Å². The molecule has 1 atom stereocenters. The molecule has 1 aromatic rings. The highest BCUT2D eigenvalue weighted by atomic mass is 32.2. The summed E-state index contributed by atoms with van der Waals surface area (Å²) in [6.07, 6.45) is -0.868. The van der Waals surface area contributed by atoms with E-state index in [2.05, 4.69) is 0 Å².